The summed E-state index contributed by atoms with van der Waals surface area (Å²) in [5.74, 6) is 0.535. The molecule has 0 radical (unpaired) electrons. The SMILES string of the molecule is O=C(c1ccc(Br)cc1)N1CCC(Oc2cnccn2)C1. The first kappa shape index (κ1) is 14.0. The molecule has 108 valence electrons. The standard InChI is InChI=1S/C15H14BrN3O2/c16-12-3-1-11(2-4-12)15(20)19-8-5-13(10-19)21-14-9-17-6-7-18-14/h1-4,6-7,9,13H,5,8,10H2. The van der Waals surface area contributed by atoms with E-state index in [2.05, 4.69) is 25.9 Å². The average molecular weight is 348 g/mol. The Labute approximate surface area is 131 Å². The number of carbonyl (C=O) groups is 1. The summed E-state index contributed by atoms with van der Waals surface area (Å²) in [7, 11) is 0. The zero-order chi connectivity index (χ0) is 14.7. The fourth-order valence-electron chi connectivity index (χ4n) is 2.30. The fraction of sp³-hybridized carbons (Fsp3) is 0.267. The molecule has 2 aromatic rings. The predicted octanol–water partition coefficient (Wildman–Crippen LogP) is 2.53. The summed E-state index contributed by atoms with van der Waals surface area (Å²) in [6.45, 7) is 1.27. The van der Waals surface area contributed by atoms with Crippen molar-refractivity contribution in [1.29, 1.82) is 0 Å². The molecular formula is C15H14BrN3O2. The zero-order valence-corrected chi connectivity index (χ0v) is 12.9. The van der Waals surface area contributed by atoms with Crippen molar-refractivity contribution >= 4 is 21.8 Å². The van der Waals surface area contributed by atoms with Gasteiger partial charge in [0.25, 0.3) is 5.91 Å². The van der Waals surface area contributed by atoms with Crippen LogP contribution in [0.1, 0.15) is 16.8 Å². The predicted molar refractivity (Wildman–Crippen MR) is 81.1 cm³/mol. The number of nitrogens with zero attached hydrogens (tertiary/aromatic N) is 3. The summed E-state index contributed by atoms with van der Waals surface area (Å²) in [5, 5.41) is 0. The van der Waals surface area contributed by atoms with Crippen molar-refractivity contribution in [2.75, 3.05) is 13.1 Å². The van der Waals surface area contributed by atoms with Crippen LogP contribution in [-0.2, 0) is 0 Å². The van der Waals surface area contributed by atoms with Crippen molar-refractivity contribution in [2.45, 2.75) is 12.5 Å². The highest BCUT2D eigenvalue weighted by Gasteiger charge is 2.28. The topological polar surface area (TPSA) is 55.3 Å². The zero-order valence-electron chi connectivity index (χ0n) is 11.3. The van der Waals surface area contributed by atoms with Gasteiger partial charge in [-0.15, -0.1) is 0 Å². The third kappa shape index (κ3) is 3.39. The molecule has 0 spiro atoms. The number of hydrogen-bond acceptors (Lipinski definition) is 4. The first-order chi connectivity index (χ1) is 10.2. The van der Waals surface area contributed by atoms with Gasteiger partial charge < -0.3 is 9.64 Å². The van der Waals surface area contributed by atoms with Gasteiger partial charge in [0, 0.05) is 35.4 Å². The van der Waals surface area contributed by atoms with Gasteiger partial charge in [-0.05, 0) is 24.3 Å². The van der Waals surface area contributed by atoms with Crippen LogP contribution >= 0.6 is 15.9 Å². The molecule has 3 rings (SSSR count). The molecule has 1 unspecified atom stereocenters. The Kier molecular flexibility index (Phi) is 4.15. The highest BCUT2D eigenvalue weighted by molar-refractivity contribution is 9.10. The maximum Gasteiger partial charge on any atom is 0.253 e. The maximum absolute atomic E-state index is 12.4. The van der Waals surface area contributed by atoms with Gasteiger partial charge in [-0.2, -0.15) is 0 Å². The highest BCUT2D eigenvalue weighted by atomic mass is 79.9. The minimum absolute atomic E-state index is 0.0268. The second-order valence-electron chi connectivity index (χ2n) is 4.83. The van der Waals surface area contributed by atoms with E-state index >= 15 is 0 Å². The number of amides is 1. The van der Waals surface area contributed by atoms with E-state index in [0.717, 1.165) is 10.9 Å². The Morgan fingerprint density at radius 1 is 1.29 bits per heavy atom. The van der Waals surface area contributed by atoms with Crippen molar-refractivity contribution in [1.82, 2.24) is 14.9 Å². The second kappa shape index (κ2) is 6.22. The number of aromatic nitrogens is 2. The van der Waals surface area contributed by atoms with Crippen LogP contribution in [0, 0.1) is 0 Å². The van der Waals surface area contributed by atoms with Crippen LogP contribution in [0.5, 0.6) is 5.88 Å². The minimum atomic E-state index is -0.0268. The number of rotatable bonds is 3. The van der Waals surface area contributed by atoms with Gasteiger partial charge in [-0.1, -0.05) is 15.9 Å². The quantitative estimate of drug-likeness (QED) is 0.855. The average Bonchev–Trinajstić information content (AvgIpc) is 2.97. The van der Waals surface area contributed by atoms with E-state index in [0.29, 0.717) is 24.5 Å². The van der Waals surface area contributed by atoms with Crippen molar-refractivity contribution in [2.24, 2.45) is 0 Å². The summed E-state index contributed by atoms with van der Waals surface area (Å²) in [5.41, 5.74) is 0.693. The van der Waals surface area contributed by atoms with Gasteiger partial charge in [-0.3, -0.25) is 9.78 Å². The molecule has 2 heterocycles. The minimum Gasteiger partial charge on any atom is -0.471 e. The normalized spacial score (nSPS) is 17.8. The molecule has 0 aliphatic carbocycles. The molecule has 1 aromatic heterocycles. The van der Waals surface area contributed by atoms with Crippen molar-refractivity contribution in [3.8, 4) is 5.88 Å². The van der Waals surface area contributed by atoms with Gasteiger partial charge in [0.2, 0.25) is 5.88 Å². The van der Waals surface area contributed by atoms with Crippen LogP contribution in [0.25, 0.3) is 0 Å². The number of halogens is 1. The molecule has 6 heteroatoms. The van der Waals surface area contributed by atoms with Gasteiger partial charge >= 0.3 is 0 Å². The lowest BCUT2D eigenvalue weighted by Gasteiger charge is -2.17. The monoisotopic (exact) mass is 347 g/mol. The lowest BCUT2D eigenvalue weighted by molar-refractivity contribution is 0.0771. The van der Waals surface area contributed by atoms with Crippen LogP contribution in [0.3, 0.4) is 0 Å². The Balaban J connectivity index is 1.61. The van der Waals surface area contributed by atoms with Crippen molar-refractivity contribution in [3.63, 3.8) is 0 Å². The third-order valence-electron chi connectivity index (χ3n) is 3.35. The number of benzene rings is 1. The summed E-state index contributed by atoms with van der Waals surface area (Å²) < 4.78 is 6.70. The van der Waals surface area contributed by atoms with Crippen molar-refractivity contribution in [3.05, 3.63) is 52.9 Å². The molecule has 1 aliphatic rings. The highest BCUT2D eigenvalue weighted by Crippen LogP contribution is 2.19. The molecular weight excluding hydrogens is 334 g/mol. The molecule has 1 aromatic carbocycles. The Bertz CT molecular complexity index is 619. The molecule has 0 saturated carbocycles. The van der Waals surface area contributed by atoms with Gasteiger partial charge in [-0.25, -0.2) is 4.98 Å². The van der Waals surface area contributed by atoms with E-state index < -0.39 is 0 Å². The maximum atomic E-state index is 12.4. The summed E-state index contributed by atoms with van der Waals surface area (Å²) >= 11 is 3.37. The van der Waals surface area contributed by atoms with Crippen LogP contribution in [0.2, 0.25) is 0 Å². The molecule has 21 heavy (non-hydrogen) atoms. The van der Waals surface area contributed by atoms with Crippen LogP contribution in [0.15, 0.2) is 47.3 Å². The van der Waals surface area contributed by atoms with E-state index in [-0.39, 0.29) is 12.0 Å². The lowest BCUT2D eigenvalue weighted by atomic mass is 10.2. The number of hydrogen-bond donors (Lipinski definition) is 0. The van der Waals surface area contributed by atoms with E-state index in [9.17, 15) is 4.79 Å². The molecule has 1 amide bonds. The van der Waals surface area contributed by atoms with E-state index in [1.54, 1.807) is 18.6 Å². The third-order valence-corrected chi connectivity index (χ3v) is 3.88. The molecule has 0 bridgehead atoms. The number of ether oxygens (including phenoxy) is 1. The molecule has 1 fully saturated rings. The van der Waals surface area contributed by atoms with Crippen LogP contribution in [-0.4, -0.2) is 40.0 Å². The van der Waals surface area contributed by atoms with Gasteiger partial charge in [0.1, 0.15) is 6.10 Å². The first-order valence-electron chi connectivity index (χ1n) is 6.70. The first-order valence-corrected chi connectivity index (χ1v) is 7.49. The fourth-order valence-corrected chi connectivity index (χ4v) is 2.57. The Hall–Kier alpha value is -1.95. The number of carbonyl (C=O) groups excluding carboxylic acids is 1. The van der Waals surface area contributed by atoms with E-state index in [1.165, 1.54) is 0 Å². The van der Waals surface area contributed by atoms with Crippen LogP contribution < -0.4 is 4.74 Å². The Morgan fingerprint density at radius 2 is 2.10 bits per heavy atom. The molecule has 0 N–H and O–H groups in total. The molecule has 1 atom stereocenters. The molecule has 1 aliphatic heterocycles. The second-order valence-corrected chi connectivity index (χ2v) is 5.75. The van der Waals surface area contributed by atoms with Gasteiger partial charge in [0.15, 0.2) is 0 Å². The lowest BCUT2D eigenvalue weighted by Crippen LogP contribution is -2.31. The summed E-state index contributed by atoms with van der Waals surface area (Å²) in [4.78, 5) is 22.2. The largest absolute Gasteiger partial charge is 0.471 e. The van der Waals surface area contributed by atoms with Gasteiger partial charge in [0.05, 0.1) is 12.7 Å². The van der Waals surface area contributed by atoms with Crippen molar-refractivity contribution < 1.29 is 9.53 Å². The summed E-state index contributed by atoms with van der Waals surface area (Å²) in [6, 6.07) is 7.39. The Morgan fingerprint density at radius 3 is 2.81 bits per heavy atom. The van der Waals surface area contributed by atoms with E-state index in [4.69, 9.17) is 4.74 Å². The number of likely N-dealkylation sites (tertiary alicyclic amines) is 1. The molecule has 5 nitrogen and oxygen atoms in total. The summed E-state index contributed by atoms with van der Waals surface area (Å²) in [6.07, 6.45) is 5.55. The molecule has 1 saturated heterocycles. The van der Waals surface area contributed by atoms with Crippen LogP contribution in [0.4, 0.5) is 0 Å². The smallest absolute Gasteiger partial charge is 0.253 e. The van der Waals surface area contributed by atoms with E-state index in [1.807, 2.05) is 29.2 Å².